The molecule has 3 unspecified atom stereocenters. The largest absolute Gasteiger partial charge is 0.350 e. The maximum absolute atomic E-state index is 12.2. The molecule has 2 rings (SSSR count). The van der Waals surface area contributed by atoms with Crippen LogP contribution in [0.15, 0.2) is 28.7 Å². The molecule has 1 saturated carbocycles. The summed E-state index contributed by atoms with van der Waals surface area (Å²) >= 11 is 3.52. The number of amides is 1. The lowest BCUT2D eigenvalue weighted by atomic mass is 9.83. The van der Waals surface area contributed by atoms with Gasteiger partial charge in [-0.15, -0.1) is 12.4 Å². The molecule has 118 valence electrons. The zero-order valence-electron chi connectivity index (χ0n) is 12.3. The second-order valence-corrected chi connectivity index (χ2v) is 6.58. The maximum atomic E-state index is 12.2. The first-order valence-electron chi connectivity index (χ1n) is 7.37. The van der Waals surface area contributed by atoms with Gasteiger partial charge in [-0.25, -0.2) is 0 Å². The van der Waals surface area contributed by atoms with Gasteiger partial charge in [0, 0.05) is 16.9 Å². The van der Waals surface area contributed by atoms with Crippen molar-refractivity contribution < 1.29 is 4.79 Å². The van der Waals surface area contributed by atoms with Crippen LogP contribution in [-0.4, -0.2) is 11.9 Å². The van der Waals surface area contributed by atoms with E-state index in [1.54, 1.807) is 0 Å². The molecule has 1 aromatic rings. The van der Waals surface area contributed by atoms with Crippen molar-refractivity contribution in [3.05, 3.63) is 34.3 Å². The van der Waals surface area contributed by atoms with Gasteiger partial charge in [0.1, 0.15) is 0 Å². The van der Waals surface area contributed by atoms with E-state index >= 15 is 0 Å². The highest BCUT2D eigenvalue weighted by atomic mass is 79.9. The van der Waals surface area contributed by atoms with Crippen molar-refractivity contribution in [2.75, 3.05) is 0 Å². The van der Waals surface area contributed by atoms with E-state index in [1.165, 1.54) is 12.8 Å². The van der Waals surface area contributed by atoms with E-state index in [2.05, 4.69) is 21.2 Å². The van der Waals surface area contributed by atoms with E-state index in [0.29, 0.717) is 12.3 Å². The van der Waals surface area contributed by atoms with Crippen LogP contribution in [0.5, 0.6) is 0 Å². The Labute approximate surface area is 141 Å². The molecular formula is C16H24BrClN2O. The number of carbonyl (C=O) groups is 1. The Bertz CT molecular complexity index is 469. The van der Waals surface area contributed by atoms with Crippen LogP contribution in [0.1, 0.15) is 50.6 Å². The van der Waals surface area contributed by atoms with Crippen molar-refractivity contribution in [2.45, 2.75) is 51.1 Å². The number of halogens is 2. The molecule has 1 fully saturated rings. The summed E-state index contributed by atoms with van der Waals surface area (Å²) in [6.07, 6.45) is 5.09. The summed E-state index contributed by atoms with van der Waals surface area (Å²) < 4.78 is 1.03. The molecule has 21 heavy (non-hydrogen) atoms. The number of nitrogens with one attached hydrogen (secondary N) is 1. The van der Waals surface area contributed by atoms with Gasteiger partial charge in [0.15, 0.2) is 0 Å². The quantitative estimate of drug-likeness (QED) is 0.837. The molecule has 1 aromatic carbocycles. The molecule has 0 saturated heterocycles. The average Bonchev–Trinajstić information content (AvgIpc) is 2.41. The Morgan fingerprint density at radius 3 is 2.71 bits per heavy atom. The summed E-state index contributed by atoms with van der Waals surface area (Å²) in [5, 5.41) is 3.08. The molecular weight excluding hydrogens is 352 g/mol. The zero-order valence-corrected chi connectivity index (χ0v) is 14.8. The number of rotatable bonds is 4. The van der Waals surface area contributed by atoms with Crippen molar-refractivity contribution >= 4 is 34.2 Å². The minimum absolute atomic E-state index is 0. The number of benzene rings is 1. The van der Waals surface area contributed by atoms with Crippen molar-refractivity contribution in [1.82, 2.24) is 5.32 Å². The second kappa shape index (κ2) is 8.76. The lowest BCUT2D eigenvalue weighted by Crippen LogP contribution is -2.37. The molecule has 3 N–H and O–H groups in total. The molecule has 1 aliphatic rings. The van der Waals surface area contributed by atoms with Gasteiger partial charge in [0.25, 0.3) is 0 Å². The summed E-state index contributed by atoms with van der Waals surface area (Å²) in [5.41, 5.74) is 7.21. The monoisotopic (exact) mass is 374 g/mol. The van der Waals surface area contributed by atoms with Crippen LogP contribution in [-0.2, 0) is 4.79 Å². The fourth-order valence-corrected chi connectivity index (χ4v) is 3.56. The number of nitrogens with two attached hydrogens (primary N) is 1. The molecule has 0 bridgehead atoms. The molecule has 0 radical (unpaired) electrons. The molecule has 5 heteroatoms. The van der Waals surface area contributed by atoms with Gasteiger partial charge < -0.3 is 11.1 Å². The van der Waals surface area contributed by atoms with Crippen LogP contribution in [0.3, 0.4) is 0 Å². The molecule has 3 atom stereocenters. The standard InChI is InChI=1S/C16H23BrN2O.ClH/c1-11(13-7-3-4-8-14(13)17)19-16(20)10-12-6-2-5-9-15(12)18;/h3-4,7-8,11-12,15H,2,5-6,9-10,18H2,1H3,(H,19,20);1H. The normalized spacial score (nSPS) is 23.0. The van der Waals surface area contributed by atoms with Gasteiger partial charge >= 0.3 is 0 Å². The topological polar surface area (TPSA) is 55.1 Å². The molecule has 0 spiro atoms. The lowest BCUT2D eigenvalue weighted by molar-refractivity contribution is -0.123. The fraction of sp³-hybridized carbons (Fsp3) is 0.562. The molecule has 3 nitrogen and oxygen atoms in total. The third kappa shape index (κ3) is 5.28. The molecule has 0 aliphatic heterocycles. The second-order valence-electron chi connectivity index (χ2n) is 5.72. The molecule has 1 amide bonds. The summed E-state index contributed by atoms with van der Waals surface area (Å²) in [6, 6.07) is 8.19. The Kier molecular flexibility index (Phi) is 7.71. The summed E-state index contributed by atoms with van der Waals surface area (Å²) in [5.74, 6) is 0.450. The fourth-order valence-electron chi connectivity index (χ4n) is 2.93. The van der Waals surface area contributed by atoms with Crippen molar-refractivity contribution in [3.8, 4) is 0 Å². The van der Waals surface area contributed by atoms with Crippen LogP contribution in [0, 0.1) is 5.92 Å². The third-order valence-corrected chi connectivity index (χ3v) is 4.89. The van der Waals surface area contributed by atoms with E-state index in [-0.39, 0.29) is 30.4 Å². The minimum atomic E-state index is 0. The lowest BCUT2D eigenvalue weighted by Gasteiger charge is -2.28. The van der Waals surface area contributed by atoms with Crippen LogP contribution >= 0.6 is 28.3 Å². The van der Waals surface area contributed by atoms with E-state index in [0.717, 1.165) is 22.9 Å². The summed E-state index contributed by atoms with van der Waals surface area (Å²) in [6.45, 7) is 2.01. The van der Waals surface area contributed by atoms with Crippen molar-refractivity contribution in [1.29, 1.82) is 0 Å². The molecule has 1 aliphatic carbocycles. The Hall–Kier alpha value is -0.580. The number of carbonyl (C=O) groups excluding carboxylic acids is 1. The summed E-state index contributed by atoms with van der Waals surface area (Å²) in [4.78, 5) is 12.2. The predicted octanol–water partition coefficient (Wildman–Crippen LogP) is 3.96. The van der Waals surface area contributed by atoms with Crippen LogP contribution < -0.4 is 11.1 Å². The van der Waals surface area contributed by atoms with E-state index < -0.39 is 0 Å². The number of hydrogen-bond acceptors (Lipinski definition) is 2. The third-order valence-electron chi connectivity index (χ3n) is 4.16. The average molecular weight is 376 g/mol. The zero-order chi connectivity index (χ0) is 14.5. The minimum Gasteiger partial charge on any atom is -0.350 e. The first kappa shape index (κ1) is 18.5. The predicted molar refractivity (Wildman–Crippen MR) is 92.5 cm³/mol. The first-order valence-corrected chi connectivity index (χ1v) is 8.16. The van der Waals surface area contributed by atoms with Gasteiger partial charge in [-0.1, -0.05) is 47.0 Å². The van der Waals surface area contributed by atoms with Crippen LogP contribution in [0.25, 0.3) is 0 Å². The van der Waals surface area contributed by atoms with Gasteiger partial charge in [-0.05, 0) is 37.3 Å². The van der Waals surface area contributed by atoms with Crippen molar-refractivity contribution in [2.24, 2.45) is 11.7 Å². The Morgan fingerprint density at radius 2 is 2.05 bits per heavy atom. The van der Waals surface area contributed by atoms with Crippen LogP contribution in [0.4, 0.5) is 0 Å². The SMILES string of the molecule is CC(NC(=O)CC1CCCCC1N)c1ccccc1Br.Cl. The Balaban J connectivity index is 0.00000220. The highest BCUT2D eigenvalue weighted by Gasteiger charge is 2.24. The van der Waals surface area contributed by atoms with Gasteiger partial charge in [-0.2, -0.15) is 0 Å². The number of hydrogen-bond donors (Lipinski definition) is 2. The summed E-state index contributed by atoms with van der Waals surface area (Å²) in [7, 11) is 0. The molecule has 0 aromatic heterocycles. The van der Waals surface area contributed by atoms with E-state index in [1.807, 2.05) is 31.2 Å². The first-order chi connectivity index (χ1) is 9.58. The van der Waals surface area contributed by atoms with Gasteiger partial charge in [0.2, 0.25) is 5.91 Å². The Morgan fingerprint density at radius 1 is 1.38 bits per heavy atom. The smallest absolute Gasteiger partial charge is 0.220 e. The van der Waals surface area contributed by atoms with Gasteiger partial charge in [-0.3, -0.25) is 4.79 Å². The van der Waals surface area contributed by atoms with E-state index in [4.69, 9.17) is 5.73 Å². The van der Waals surface area contributed by atoms with Crippen molar-refractivity contribution in [3.63, 3.8) is 0 Å². The highest BCUT2D eigenvalue weighted by Crippen LogP contribution is 2.27. The van der Waals surface area contributed by atoms with E-state index in [9.17, 15) is 4.79 Å². The van der Waals surface area contributed by atoms with Crippen LogP contribution in [0.2, 0.25) is 0 Å². The highest BCUT2D eigenvalue weighted by molar-refractivity contribution is 9.10. The molecule has 0 heterocycles. The maximum Gasteiger partial charge on any atom is 0.220 e. The van der Waals surface area contributed by atoms with Gasteiger partial charge in [0.05, 0.1) is 6.04 Å².